The quantitative estimate of drug-likeness (QED) is 0.746. The average Bonchev–Trinajstić information content (AvgIpc) is 2.15. The number of aryl methyl sites for hydroxylation is 1. The van der Waals surface area contributed by atoms with Gasteiger partial charge in [0.05, 0.1) is 18.5 Å². The van der Waals surface area contributed by atoms with E-state index in [1.807, 2.05) is 12.1 Å². The molecule has 0 aliphatic carbocycles. The van der Waals surface area contributed by atoms with Crippen molar-refractivity contribution in [2.45, 2.75) is 52.4 Å². The van der Waals surface area contributed by atoms with Crippen molar-refractivity contribution in [2.24, 2.45) is 0 Å². The van der Waals surface area contributed by atoms with Crippen LogP contribution in [0.15, 0.2) is 12.1 Å². The molecule has 0 fully saturated rings. The molecule has 3 heteroatoms. The van der Waals surface area contributed by atoms with Gasteiger partial charge in [-0.15, -0.1) is 0 Å². The molecule has 0 aliphatic rings. The first kappa shape index (κ1) is 13.4. The summed E-state index contributed by atoms with van der Waals surface area (Å²) in [6.07, 6.45) is 2.86. The average molecular weight is 236 g/mol. The largest absolute Gasteiger partial charge is 0.411 e. The van der Waals surface area contributed by atoms with E-state index in [0.717, 1.165) is 5.69 Å². The van der Waals surface area contributed by atoms with E-state index in [4.69, 9.17) is 4.43 Å². The van der Waals surface area contributed by atoms with Crippen LogP contribution in [-0.4, -0.2) is 13.3 Å². The van der Waals surface area contributed by atoms with E-state index in [9.17, 15) is 0 Å². The SMILES string of the molecule is Cc1cc[c]nc1CO[Si](C)(C)C(C)(C)C. The number of hydrogen-bond donors (Lipinski definition) is 0. The number of hydrogen-bond acceptors (Lipinski definition) is 2. The van der Waals surface area contributed by atoms with Gasteiger partial charge in [0.1, 0.15) is 0 Å². The van der Waals surface area contributed by atoms with Crippen LogP contribution in [0, 0.1) is 13.1 Å². The van der Waals surface area contributed by atoms with Gasteiger partial charge in [0, 0.05) is 0 Å². The minimum absolute atomic E-state index is 0.249. The van der Waals surface area contributed by atoms with Gasteiger partial charge in [-0.25, -0.2) is 4.98 Å². The van der Waals surface area contributed by atoms with Crippen LogP contribution in [0.2, 0.25) is 18.1 Å². The molecule has 1 heterocycles. The Bertz CT molecular complexity index is 355. The number of pyridine rings is 1. The minimum atomic E-state index is -1.66. The summed E-state index contributed by atoms with van der Waals surface area (Å²) in [7, 11) is -1.66. The van der Waals surface area contributed by atoms with Gasteiger partial charge < -0.3 is 4.43 Å². The molecule has 0 atom stereocenters. The van der Waals surface area contributed by atoms with Gasteiger partial charge in [-0.2, -0.15) is 0 Å². The highest BCUT2D eigenvalue weighted by Crippen LogP contribution is 2.37. The summed E-state index contributed by atoms with van der Waals surface area (Å²) in [5.41, 5.74) is 2.18. The second-order valence-corrected chi connectivity index (χ2v) is 10.6. The van der Waals surface area contributed by atoms with Crippen molar-refractivity contribution in [3.05, 3.63) is 29.6 Å². The van der Waals surface area contributed by atoms with Crippen LogP contribution in [0.5, 0.6) is 0 Å². The predicted molar refractivity (Wildman–Crippen MR) is 69.8 cm³/mol. The molecule has 89 valence electrons. The monoisotopic (exact) mass is 236 g/mol. The zero-order valence-corrected chi connectivity index (χ0v) is 12.2. The third kappa shape index (κ3) is 3.16. The summed E-state index contributed by atoms with van der Waals surface area (Å²) >= 11 is 0. The highest BCUT2D eigenvalue weighted by Gasteiger charge is 2.37. The highest BCUT2D eigenvalue weighted by atomic mass is 28.4. The van der Waals surface area contributed by atoms with Gasteiger partial charge >= 0.3 is 0 Å². The third-order valence-corrected chi connectivity index (χ3v) is 7.92. The maximum Gasteiger partial charge on any atom is 0.192 e. The molecule has 1 aromatic heterocycles. The van der Waals surface area contributed by atoms with Crippen molar-refractivity contribution in [2.75, 3.05) is 0 Å². The molecule has 16 heavy (non-hydrogen) atoms. The Kier molecular flexibility index (Phi) is 3.91. The predicted octanol–water partition coefficient (Wildman–Crippen LogP) is 3.71. The minimum Gasteiger partial charge on any atom is -0.411 e. The summed E-state index contributed by atoms with van der Waals surface area (Å²) < 4.78 is 6.12. The molecule has 0 saturated heterocycles. The Morgan fingerprint density at radius 3 is 2.50 bits per heavy atom. The third-order valence-electron chi connectivity index (χ3n) is 3.44. The lowest BCUT2D eigenvalue weighted by atomic mass is 10.2. The van der Waals surface area contributed by atoms with Crippen LogP contribution in [0.1, 0.15) is 32.0 Å². The molecule has 0 bridgehead atoms. The zero-order chi connectivity index (χ0) is 12.4. The summed E-state index contributed by atoms with van der Waals surface area (Å²) in [5, 5.41) is 0.249. The fourth-order valence-corrected chi connectivity index (χ4v) is 2.00. The first-order valence-corrected chi connectivity index (χ1v) is 8.61. The summed E-state index contributed by atoms with van der Waals surface area (Å²) in [5.74, 6) is 0. The smallest absolute Gasteiger partial charge is 0.192 e. The number of rotatable bonds is 3. The number of aromatic nitrogens is 1. The lowest BCUT2D eigenvalue weighted by molar-refractivity contribution is 0.271. The van der Waals surface area contributed by atoms with Crippen LogP contribution in [0.3, 0.4) is 0 Å². The molecule has 0 spiro atoms. The molecular formula is C13H22NOSi. The van der Waals surface area contributed by atoms with Crippen LogP contribution < -0.4 is 0 Å². The summed E-state index contributed by atoms with van der Waals surface area (Å²) in [6.45, 7) is 13.9. The molecule has 1 radical (unpaired) electrons. The standard InChI is InChI=1S/C13H22NOSi/c1-11-8-7-9-14-12(11)10-15-16(5,6)13(2,3)4/h7-8H,10H2,1-6H3. The van der Waals surface area contributed by atoms with E-state index in [1.54, 1.807) is 0 Å². The van der Waals surface area contributed by atoms with Gasteiger partial charge in [0.25, 0.3) is 0 Å². The van der Waals surface area contributed by atoms with Crippen molar-refractivity contribution in [1.29, 1.82) is 0 Å². The first-order valence-electron chi connectivity index (χ1n) is 5.70. The van der Waals surface area contributed by atoms with Crippen molar-refractivity contribution >= 4 is 8.32 Å². The Balaban J connectivity index is 2.69. The lowest BCUT2D eigenvalue weighted by Gasteiger charge is -2.36. The van der Waals surface area contributed by atoms with Crippen molar-refractivity contribution in [3.63, 3.8) is 0 Å². The maximum atomic E-state index is 6.12. The lowest BCUT2D eigenvalue weighted by Crippen LogP contribution is -2.40. The fraction of sp³-hybridized carbons (Fsp3) is 0.615. The maximum absolute atomic E-state index is 6.12. The van der Waals surface area contributed by atoms with Crippen molar-refractivity contribution in [3.8, 4) is 0 Å². The van der Waals surface area contributed by atoms with Gasteiger partial charge in [-0.05, 0) is 36.7 Å². The van der Waals surface area contributed by atoms with E-state index in [-0.39, 0.29) is 5.04 Å². The van der Waals surface area contributed by atoms with Gasteiger partial charge in [0.2, 0.25) is 0 Å². The molecular weight excluding hydrogens is 214 g/mol. The molecule has 0 aliphatic heterocycles. The van der Waals surface area contributed by atoms with E-state index in [0.29, 0.717) is 6.61 Å². The van der Waals surface area contributed by atoms with Crippen LogP contribution >= 0.6 is 0 Å². The molecule has 0 unspecified atom stereocenters. The fourth-order valence-electron chi connectivity index (χ4n) is 1.07. The van der Waals surface area contributed by atoms with E-state index in [1.165, 1.54) is 5.56 Å². The van der Waals surface area contributed by atoms with Gasteiger partial charge in [0.15, 0.2) is 8.32 Å². The Labute approximate surface area is 100 Å². The topological polar surface area (TPSA) is 22.1 Å². The van der Waals surface area contributed by atoms with Crippen LogP contribution in [-0.2, 0) is 11.0 Å². The van der Waals surface area contributed by atoms with Crippen molar-refractivity contribution < 1.29 is 4.43 Å². The Morgan fingerprint density at radius 1 is 1.38 bits per heavy atom. The molecule has 0 N–H and O–H groups in total. The number of nitrogens with zero attached hydrogens (tertiary/aromatic N) is 1. The van der Waals surface area contributed by atoms with Crippen LogP contribution in [0.25, 0.3) is 0 Å². The summed E-state index contributed by atoms with van der Waals surface area (Å²) in [4.78, 5) is 4.24. The normalized spacial score (nSPS) is 12.9. The van der Waals surface area contributed by atoms with Gasteiger partial charge in [-0.3, -0.25) is 0 Å². The highest BCUT2D eigenvalue weighted by molar-refractivity contribution is 6.74. The molecule has 1 aromatic rings. The molecule has 2 nitrogen and oxygen atoms in total. The Hall–Kier alpha value is -0.673. The first-order chi connectivity index (χ1) is 7.24. The summed E-state index contributed by atoms with van der Waals surface area (Å²) in [6, 6.07) is 3.86. The van der Waals surface area contributed by atoms with E-state index >= 15 is 0 Å². The zero-order valence-electron chi connectivity index (χ0n) is 11.2. The second kappa shape index (κ2) is 4.68. The van der Waals surface area contributed by atoms with E-state index in [2.05, 4.69) is 52.0 Å². The molecule has 0 saturated carbocycles. The van der Waals surface area contributed by atoms with E-state index < -0.39 is 8.32 Å². The Morgan fingerprint density at radius 2 is 2.00 bits per heavy atom. The molecule has 0 aromatic carbocycles. The van der Waals surface area contributed by atoms with Crippen molar-refractivity contribution in [1.82, 2.24) is 4.98 Å². The van der Waals surface area contributed by atoms with Crippen LogP contribution in [0.4, 0.5) is 0 Å². The second-order valence-electron chi connectivity index (χ2n) is 5.75. The molecule has 0 amide bonds. The van der Waals surface area contributed by atoms with Gasteiger partial charge in [-0.1, -0.05) is 26.8 Å². The molecule has 1 rings (SSSR count).